The van der Waals surface area contributed by atoms with Gasteiger partial charge in [0, 0.05) is 22.9 Å². The lowest BCUT2D eigenvalue weighted by Crippen LogP contribution is -2.29. The van der Waals surface area contributed by atoms with E-state index in [9.17, 15) is 8.42 Å². The van der Waals surface area contributed by atoms with E-state index in [2.05, 4.69) is 30.5 Å². The Bertz CT molecular complexity index is 1080. The molecular weight excluding hydrogens is 394 g/mol. The van der Waals surface area contributed by atoms with Crippen LogP contribution in [-0.2, 0) is 23.1 Å². The van der Waals surface area contributed by atoms with Crippen LogP contribution < -0.4 is 5.73 Å². The zero-order valence-electron chi connectivity index (χ0n) is 13.0. The van der Waals surface area contributed by atoms with Gasteiger partial charge in [-0.05, 0) is 24.6 Å². The SMILES string of the molecule is CS(=O)(=O)N1CCCn2c(nc3c(N)nc4cc(Br)ccc4c32)C1. The Morgan fingerprint density at radius 2 is 2.04 bits per heavy atom. The molecule has 0 unspecified atom stereocenters. The molecule has 0 amide bonds. The number of hydrogen-bond donors (Lipinski definition) is 1. The minimum absolute atomic E-state index is 0.255. The molecular formula is C15H16BrN5O2S. The van der Waals surface area contributed by atoms with Crippen molar-refractivity contribution in [1.82, 2.24) is 18.8 Å². The van der Waals surface area contributed by atoms with Crippen LogP contribution in [0.15, 0.2) is 22.7 Å². The highest BCUT2D eigenvalue weighted by atomic mass is 79.9. The molecule has 0 saturated heterocycles. The molecule has 3 aromatic rings. The minimum atomic E-state index is -3.26. The summed E-state index contributed by atoms with van der Waals surface area (Å²) >= 11 is 3.45. The van der Waals surface area contributed by atoms with Gasteiger partial charge < -0.3 is 10.3 Å². The summed E-state index contributed by atoms with van der Waals surface area (Å²) in [6.07, 6.45) is 1.96. The lowest BCUT2D eigenvalue weighted by molar-refractivity contribution is 0.411. The van der Waals surface area contributed by atoms with E-state index in [0.29, 0.717) is 30.2 Å². The Kier molecular flexibility index (Phi) is 3.55. The number of pyridine rings is 1. The molecule has 2 aromatic heterocycles. The second-order valence-electron chi connectivity index (χ2n) is 5.99. The van der Waals surface area contributed by atoms with Crippen LogP contribution in [0.3, 0.4) is 0 Å². The first-order valence-electron chi connectivity index (χ1n) is 7.53. The number of aryl methyl sites for hydroxylation is 1. The molecule has 4 rings (SSSR count). The average molecular weight is 410 g/mol. The van der Waals surface area contributed by atoms with Gasteiger partial charge in [-0.1, -0.05) is 15.9 Å². The summed E-state index contributed by atoms with van der Waals surface area (Å²) in [6, 6.07) is 5.87. The summed E-state index contributed by atoms with van der Waals surface area (Å²) in [7, 11) is -3.26. The van der Waals surface area contributed by atoms with Crippen molar-refractivity contribution in [2.24, 2.45) is 0 Å². The Balaban J connectivity index is 2.01. The molecule has 2 N–H and O–H groups in total. The number of fused-ring (bicyclic) bond motifs is 5. The topological polar surface area (TPSA) is 94.1 Å². The van der Waals surface area contributed by atoms with Crippen LogP contribution in [0.4, 0.5) is 5.82 Å². The van der Waals surface area contributed by atoms with Gasteiger partial charge in [0.05, 0.1) is 23.8 Å². The van der Waals surface area contributed by atoms with Gasteiger partial charge in [-0.15, -0.1) is 0 Å². The molecule has 1 aromatic carbocycles. The molecule has 0 saturated carbocycles. The predicted molar refractivity (Wildman–Crippen MR) is 97.0 cm³/mol. The van der Waals surface area contributed by atoms with E-state index >= 15 is 0 Å². The van der Waals surface area contributed by atoms with E-state index in [-0.39, 0.29) is 6.54 Å². The summed E-state index contributed by atoms with van der Waals surface area (Å²) in [4.78, 5) is 9.05. The summed E-state index contributed by atoms with van der Waals surface area (Å²) in [5.74, 6) is 1.07. The van der Waals surface area contributed by atoms with Gasteiger partial charge in [0.15, 0.2) is 5.82 Å². The number of anilines is 1. The lowest BCUT2D eigenvalue weighted by atomic mass is 10.2. The number of sulfonamides is 1. The largest absolute Gasteiger partial charge is 0.382 e. The van der Waals surface area contributed by atoms with Gasteiger partial charge in [0.1, 0.15) is 11.3 Å². The molecule has 0 bridgehead atoms. The van der Waals surface area contributed by atoms with E-state index < -0.39 is 10.0 Å². The quantitative estimate of drug-likeness (QED) is 0.663. The third-order valence-electron chi connectivity index (χ3n) is 4.32. The first kappa shape index (κ1) is 15.8. The predicted octanol–water partition coefficient (Wildman–Crippen LogP) is 2.09. The van der Waals surface area contributed by atoms with Crippen molar-refractivity contribution in [3.05, 3.63) is 28.5 Å². The third kappa shape index (κ3) is 2.47. The molecule has 9 heteroatoms. The molecule has 126 valence electrons. The number of hydrogen-bond acceptors (Lipinski definition) is 5. The number of rotatable bonds is 1. The normalized spacial score (nSPS) is 16.4. The fourth-order valence-electron chi connectivity index (χ4n) is 3.22. The molecule has 1 aliphatic rings. The van der Waals surface area contributed by atoms with Crippen LogP contribution in [0, 0.1) is 0 Å². The number of imidazole rings is 1. The standard InChI is InChI=1S/C15H16BrN5O2S/c1-24(22,23)20-5-2-6-21-12(8-20)19-13-14(21)10-4-3-9(16)7-11(10)18-15(13)17/h3-4,7H,2,5-6,8H2,1H3,(H2,17,18). The van der Waals surface area contributed by atoms with Crippen molar-refractivity contribution in [1.29, 1.82) is 0 Å². The highest BCUT2D eigenvalue weighted by molar-refractivity contribution is 9.10. The highest BCUT2D eigenvalue weighted by Gasteiger charge is 2.25. The number of nitrogens with two attached hydrogens (primary N) is 1. The van der Waals surface area contributed by atoms with E-state index in [1.54, 1.807) is 0 Å². The van der Waals surface area contributed by atoms with Crippen molar-refractivity contribution in [3.8, 4) is 0 Å². The Morgan fingerprint density at radius 1 is 1.25 bits per heavy atom. The Morgan fingerprint density at radius 3 is 2.79 bits per heavy atom. The minimum Gasteiger partial charge on any atom is -0.382 e. The lowest BCUT2D eigenvalue weighted by Gasteiger charge is -2.15. The van der Waals surface area contributed by atoms with Gasteiger partial charge in [0.25, 0.3) is 0 Å². The van der Waals surface area contributed by atoms with Gasteiger partial charge in [-0.25, -0.2) is 18.4 Å². The number of nitrogens with zero attached hydrogens (tertiary/aromatic N) is 4. The molecule has 0 atom stereocenters. The molecule has 1 aliphatic heterocycles. The summed E-state index contributed by atoms with van der Waals surface area (Å²) in [5.41, 5.74) is 8.46. The fraction of sp³-hybridized carbons (Fsp3) is 0.333. The summed E-state index contributed by atoms with van der Waals surface area (Å²) < 4.78 is 28.3. The van der Waals surface area contributed by atoms with Crippen LogP contribution in [0.25, 0.3) is 21.9 Å². The van der Waals surface area contributed by atoms with Crippen LogP contribution in [0.5, 0.6) is 0 Å². The maximum Gasteiger partial charge on any atom is 0.211 e. The number of aromatic nitrogens is 3. The molecule has 0 fully saturated rings. The van der Waals surface area contributed by atoms with Crippen molar-refractivity contribution < 1.29 is 8.42 Å². The van der Waals surface area contributed by atoms with E-state index in [4.69, 9.17) is 5.73 Å². The second-order valence-corrected chi connectivity index (χ2v) is 8.88. The number of halogens is 1. The fourth-order valence-corrected chi connectivity index (χ4v) is 4.38. The zero-order valence-corrected chi connectivity index (χ0v) is 15.4. The van der Waals surface area contributed by atoms with Crippen molar-refractivity contribution >= 4 is 53.7 Å². The summed E-state index contributed by atoms with van der Waals surface area (Å²) in [5, 5.41) is 0.967. The Labute approximate surface area is 147 Å². The maximum absolute atomic E-state index is 11.9. The van der Waals surface area contributed by atoms with Crippen molar-refractivity contribution in [2.45, 2.75) is 19.5 Å². The second kappa shape index (κ2) is 5.40. The third-order valence-corrected chi connectivity index (χ3v) is 6.06. The Hall–Kier alpha value is -1.71. The molecule has 0 spiro atoms. The van der Waals surface area contributed by atoms with Crippen LogP contribution in [-0.4, -0.2) is 40.1 Å². The van der Waals surface area contributed by atoms with E-state index in [1.807, 2.05) is 18.2 Å². The van der Waals surface area contributed by atoms with Gasteiger partial charge >= 0.3 is 0 Å². The van der Waals surface area contributed by atoms with Gasteiger partial charge in [0.2, 0.25) is 10.0 Å². The highest BCUT2D eigenvalue weighted by Crippen LogP contribution is 2.32. The molecule has 3 heterocycles. The summed E-state index contributed by atoms with van der Waals surface area (Å²) in [6.45, 7) is 1.45. The number of nitrogen functional groups attached to an aromatic ring is 1. The van der Waals surface area contributed by atoms with Crippen molar-refractivity contribution in [2.75, 3.05) is 18.5 Å². The molecule has 0 radical (unpaired) electrons. The van der Waals surface area contributed by atoms with Crippen LogP contribution >= 0.6 is 15.9 Å². The zero-order chi connectivity index (χ0) is 17.1. The molecule has 7 nitrogen and oxygen atoms in total. The van der Waals surface area contributed by atoms with Crippen LogP contribution in [0.2, 0.25) is 0 Å². The number of benzene rings is 1. The average Bonchev–Trinajstić information content (AvgIpc) is 2.71. The first-order chi connectivity index (χ1) is 11.3. The van der Waals surface area contributed by atoms with E-state index in [1.165, 1.54) is 10.6 Å². The molecule has 24 heavy (non-hydrogen) atoms. The molecule has 0 aliphatic carbocycles. The van der Waals surface area contributed by atoms with Gasteiger partial charge in [-0.2, -0.15) is 4.31 Å². The monoisotopic (exact) mass is 409 g/mol. The smallest absolute Gasteiger partial charge is 0.211 e. The van der Waals surface area contributed by atoms with Crippen molar-refractivity contribution in [3.63, 3.8) is 0 Å². The maximum atomic E-state index is 11.9. The first-order valence-corrected chi connectivity index (χ1v) is 10.2. The van der Waals surface area contributed by atoms with E-state index in [0.717, 1.165) is 27.3 Å². The van der Waals surface area contributed by atoms with Crippen LogP contribution in [0.1, 0.15) is 12.2 Å². The van der Waals surface area contributed by atoms with Gasteiger partial charge in [-0.3, -0.25) is 0 Å².